The van der Waals surface area contributed by atoms with Gasteiger partial charge in [-0.15, -0.1) is 0 Å². The summed E-state index contributed by atoms with van der Waals surface area (Å²) in [6.45, 7) is 2.15. The van der Waals surface area contributed by atoms with E-state index in [4.69, 9.17) is 0 Å². The minimum absolute atomic E-state index is 0.170. The number of esters is 1. The summed E-state index contributed by atoms with van der Waals surface area (Å²) < 4.78 is 4.53. The third-order valence-electron chi connectivity index (χ3n) is 2.44. The Morgan fingerprint density at radius 2 is 2.12 bits per heavy atom. The highest BCUT2D eigenvalue weighted by atomic mass is 16.5. The number of aliphatic hydroxyl groups is 1. The maximum atomic E-state index is 10.8. The molecule has 0 aromatic rings. The van der Waals surface area contributed by atoms with E-state index in [-0.39, 0.29) is 12.1 Å². The van der Waals surface area contributed by atoms with E-state index in [1.165, 1.54) is 20.0 Å². The maximum absolute atomic E-state index is 10.8. The molecule has 0 rings (SSSR count). The van der Waals surface area contributed by atoms with Gasteiger partial charge in [0.05, 0.1) is 13.2 Å². The molecule has 94 valence electrons. The fraction of sp³-hybridized carbons (Fsp3) is 0.769. The molecule has 0 bridgehead atoms. The van der Waals surface area contributed by atoms with E-state index < -0.39 is 0 Å². The van der Waals surface area contributed by atoms with Crippen molar-refractivity contribution in [2.45, 2.75) is 58.0 Å². The molecule has 0 aliphatic rings. The minimum atomic E-state index is -0.329. The first-order chi connectivity index (χ1) is 7.70. The largest absolute Gasteiger partial charge is 0.469 e. The van der Waals surface area contributed by atoms with Crippen molar-refractivity contribution in [3.8, 4) is 0 Å². The van der Waals surface area contributed by atoms with Gasteiger partial charge in [-0.25, -0.2) is 0 Å². The predicted molar refractivity (Wildman–Crippen MR) is 65.2 cm³/mol. The lowest BCUT2D eigenvalue weighted by molar-refractivity contribution is -0.140. The topological polar surface area (TPSA) is 46.5 Å². The van der Waals surface area contributed by atoms with Gasteiger partial charge in [-0.3, -0.25) is 4.79 Å². The number of rotatable bonds is 9. The third kappa shape index (κ3) is 9.71. The van der Waals surface area contributed by atoms with Gasteiger partial charge in [0.2, 0.25) is 0 Å². The van der Waals surface area contributed by atoms with Crippen LogP contribution in [0.5, 0.6) is 0 Å². The molecule has 0 saturated heterocycles. The summed E-state index contributed by atoms with van der Waals surface area (Å²) >= 11 is 0. The van der Waals surface area contributed by atoms with E-state index in [2.05, 4.69) is 11.7 Å². The molecule has 1 N–H and O–H groups in total. The highest BCUT2D eigenvalue weighted by Gasteiger charge is 1.99. The number of aliphatic hydroxyl groups excluding tert-OH is 1. The van der Waals surface area contributed by atoms with Crippen LogP contribution in [-0.2, 0) is 9.53 Å². The Morgan fingerprint density at radius 3 is 2.75 bits per heavy atom. The Hall–Kier alpha value is -0.830. The molecule has 0 aliphatic carbocycles. The van der Waals surface area contributed by atoms with Crippen LogP contribution in [0.1, 0.15) is 51.9 Å². The second kappa shape index (κ2) is 10.7. The first-order valence-corrected chi connectivity index (χ1v) is 6.12. The summed E-state index contributed by atoms with van der Waals surface area (Å²) in [4.78, 5) is 10.8. The summed E-state index contributed by atoms with van der Waals surface area (Å²) in [5.74, 6) is -0.170. The molecule has 0 unspecified atom stereocenters. The molecule has 3 heteroatoms. The van der Waals surface area contributed by atoms with E-state index in [1.54, 1.807) is 0 Å². The van der Waals surface area contributed by atoms with E-state index in [0.29, 0.717) is 6.42 Å². The Balaban J connectivity index is 3.41. The van der Waals surface area contributed by atoms with Crippen molar-refractivity contribution < 1.29 is 14.6 Å². The predicted octanol–water partition coefficient (Wildman–Crippen LogP) is 2.83. The standard InChI is InChI=1S/C13H24O3/c1-3-4-6-9-12(14)10-7-5-8-11-13(15)16-2/h7,10,12,14H,3-6,8-9,11H2,1-2H3/b10-7+/t12-/m0/s1. The van der Waals surface area contributed by atoms with E-state index >= 15 is 0 Å². The quantitative estimate of drug-likeness (QED) is 0.375. The first-order valence-electron chi connectivity index (χ1n) is 6.12. The number of carbonyl (C=O) groups is 1. The van der Waals surface area contributed by atoms with Gasteiger partial charge < -0.3 is 9.84 Å². The molecule has 0 amide bonds. The molecule has 0 radical (unpaired) electrons. The van der Waals surface area contributed by atoms with Crippen LogP contribution in [0.15, 0.2) is 12.2 Å². The SMILES string of the molecule is CCCCC[C@H](O)/C=C/CCCC(=O)OC. The lowest BCUT2D eigenvalue weighted by Crippen LogP contribution is -2.01. The molecule has 0 heterocycles. The molecule has 0 fully saturated rings. The van der Waals surface area contributed by atoms with Crippen molar-refractivity contribution in [1.82, 2.24) is 0 Å². The Labute approximate surface area is 98.5 Å². The van der Waals surface area contributed by atoms with Crippen LogP contribution in [0.4, 0.5) is 0 Å². The van der Waals surface area contributed by atoms with Crippen molar-refractivity contribution >= 4 is 5.97 Å². The summed E-state index contributed by atoms with van der Waals surface area (Å²) in [5.41, 5.74) is 0. The highest BCUT2D eigenvalue weighted by Crippen LogP contribution is 2.05. The van der Waals surface area contributed by atoms with Crippen LogP contribution in [0, 0.1) is 0 Å². The molecule has 0 spiro atoms. The molecule has 0 saturated carbocycles. The lowest BCUT2D eigenvalue weighted by atomic mass is 10.1. The zero-order valence-corrected chi connectivity index (χ0v) is 10.4. The lowest BCUT2D eigenvalue weighted by Gasteiger charge is -2.03. The zero-order chi connectivity index (χ0) is 12.2. The van der Waals surface area contributed by atoms with Gasteiger partial charge in [-0.1, -0.05) is 38.3 Å². The highest BCUT2D eigenvalue weighted by molar-refractivity contribution is 5.68. The van der Waals surface area contributed by atoms with Crippen LogP contribution >= 0.6 is 0 Å². The fourth-order valence-corrected chi connectivity index (χ4v) is 1.42. The van der Waals surface area contributed by atoms with Crippen molar-refractivity contribution in [2.75, 3.05) is 7.11 Å². The van der Waals surface area contributed by atoms with Gasteiger partial charge in [-0.05, 0) is 19.3 Å². The number of methoxy groups -OCH3 is 1. The summed E-state index contributed by atoms with van der Waals surface area (Å²) in [6, 6.07) is 0. The molecular formula is C13H24O3. The van der Waals surface area contributed by atoms with Crippen molar-refractivity contribution in [1.29, 1.82) is 0 Å². The molecule has 0 aliphatic heterocycles. The maximum Gasteiger partial charge on any atom is 0.305 e. The average molecular weight is 228 g/mol. The fourth-order valence-electron chi connectivity index (χ4n) is 1.42. The number of ether oxygens (including phenoxy) is 1. The second-order valence-electron chi connectivity index (χ2n) is 3.96. The van der Waals surface area contributed by atoms with Gasteiger partial charge in [0, 0.05) is 6.42 Å². The molecule has 0 aromatic carbocycles. The molecule has 1 atom stereocenters. The number of hydrogen-bond acceptors (Lipinski definition) is 3. The smallest absolute Gasteiger partial charge is 0.305 e. The van der Waals surface area contributed by atoms with Gasteiger partial charge in [0.25, 0.3) is 0 Å². The van der Waals surface area contributed by atoms with Crippen molar-refractivity contribution in [3.63, 3.8) is 0 Å². The third-order valence-corrected chi connectivity index (χ3v) is 2.44. The summed E-state index contributed by atoms with van der Waals surface area (Å²) in [7, 11) is 1.40. The van der Waals surface area contributed by atoms with E-state index in [0.717, 1.165) is 25.7 Å². The Morgan fingerprint density at radius 1 is 1.38 bits per heavy atom. The van der Waals surface area contributed by atoms with Crippen LogP contribution in [0.2, 0.25) is 0 Å². The van der Waals surface area contributed by atoms with Gasteiger partial charge in [-0.2, -0.15) is 0 Å². The molecule has 16 heavy (non-hydrogen) atoms. The Kier molecular flexibility index (Phi) is 10.1. The number of carbonyl (C=O) groups excluding carboxylic acids is 1. The van der Waals surface area contributed by atoms with Crippen LogP contribution < -0.4 is 0 Å². The van der Waals surface area contributed by atoms with Crippen LogP contribution in [0.3, 0.4) is 0 Å². The first kappa shape index (κ1) is 15.2. The average Bonchev–Trinajstić information content (AvgIpc) is 2.28. The second-order valence-corrected chi connectivity index (χ2v) is 3.96. The number of hydrogen-bond donors (Lipinski definition) is 1. The molecular weight excluding hydrogens is 204 g/mol. The van der Waals surface area contributed by atoms with Crippen molar-refractivity contribution in [3.05, 3.63) is 12.2 Å². The van der Waals surface area contributed by atoms with Crippen LogP contribution in [-0.4, -0.2) is 24.3 Å². The van der Waals surface area contributed by atoms with Crippen LogP contribution in [0.25, 0.3) is 0 Å². The molecule has 0 aromatic heterocycles. The molecule has 3 nitrogen and oxygen atoms in total. The van der Waals surface area contributed by atoms with Gasteiger partial charge >= 0.3 is 5.97 Å². The van der Waals surface area contributed by atoms with E-state index in [9.17, 15) is 9.90 Å². The zero-order valence-electron chi connectivity index (χ0n) is 10.4. The number of allylic oxidation sites excluding steroid dienone is 1. The van der Waals surface area contributed by atoms with Crippen molar-refractivity contribution in [2.24, 2.45) is 0 Å². The monoisotopic (exact) mass is 228 g/mol. The summed E-state index contributed by atoms with van der Waals surface area (Å²) in [5, 5.41) is 9.55. The van der Waals surface area contributed by atoms with Gasteiger partial charge in [0.15, 0.2) is 0 Å². The Bertz CT molecular complexity index is 199. The normalized spacial score (nSPS) is 12.9. The summed E-state index contributed by atoms with van der Waals surface area (Å²) in [6.07, 6.45) is 9.75. The van der Waals surface area contributed by atoms with E-state index in [1.807, 2.05) is 12.2 Å². The van der Waals surface area contributed by atoms with Gasteiger partial charge in [0.1, 0.15) is 0 Å². The minimum Gasteiger partial charge on any atom is -0.469 e. The number of unbranched alkanes of at least 4 members (excludes halogenated alkanes) is 3.